The fraction of sp³-hybridized carbons (Fsp3) is 0.286. The summed E-state index contributed by atoms with van der Waals surface area (Å²) in [5, 5.41) is 0.481. The molecule has 3 amide bonds. The van der Waals surface area contributed by atoms with Crippen LogP contribution >= 0.6 is 11.6 Å². The van der Waals surface area contributed by atoms with Gasteiger partial charge in [0.15, 0.2) is 0 Å². The maximum absolute atomic E-state index is 12.9. The molecule has 2 saturated heterocycles. The van der Waals surface area contributed by atoms with Gasteiger partial charge in [-0.1, -0.05) is 35.9 Å². The molecule has 0 aliphatic carbocycles. The minimum Gasteiger partial charge on any atom is -0.336 e. The molecule has 2 heterocycles. The van der Waals surface area contributed by atoms with E-state index < -0.39 is 6.04 Å². The average Bonchev–Trinajstić information content (AvgIpc) is 3.02. The Hall–Kier alpha value is -2.70. The minimum absolute atomic E-state index is 0.00497. The van der Waals surface area contributed by atoms with Crippen LogP contribution in [-0.2, 0) is 9.59 Å². The maximum atomic E-state index is 12.9. The predicted molar refractivity (Wildman–Crippen MR) is 106 cm³/mol. The molecular weight excluding hydrogens is 378 g/mol. The number of nitrogens with zero attached hydrogens (tertiary/aromatic N) is 3. The predicted octanol–water partition coefficient (Wildman–Crippen LogP) is 2.43. The van der Waals surface area contributed by atoms with Crippen molar-refractivity contribution in [1.29, 1.82) is 0 Å². The van der Waals surface area contributed by atoms with Crippen LogP contribution in [0.25, 0.3) is 0 Å². The number of carbonyl (C=O) groups is 3. The number of benzene rings is 2. The van der Waals surface area contributed by atoms with Gasteiger partial charge < -0.3 is 4.90 Å². The number of halogens is 1. The molecule has 0 spiro atoms. The number of amides is 3. The Morgan fingerprint density at radius 1 is 0.929 bits per heavy atom. The second kappa shape index (κ2) is 7.73. The number of rotatable bonds is 3. The van der Waals surface area contributed by atoms with Crippen molar-refractivity contribution >= 4 is 35.0 Å². The van der Waals surface area contributed by atoms with Crippen molar-refractivity contribution in [2.45, 2.75) is 12.5 Å². The van der Waals surface area contributed by atoms with Crippen LogP contribution in [0, 0.1) is 0 Å². The van der Waals surface area contributed by atoms with Crippen LogP contribution in [0.5, 0.6) is 0 Å². The number of hydrogen-bond acceptors (Lipinski definition) is 4. The van der Waals surface area contributed by atoms with Crippen molar-refractivity contribution in [1.82, 2.24) is 9.80 Å². The van der Waals surface area contributed by atoms with Gasteiger partial charge in [0.05, 0.1) is 18.2 Å². The normalized spacial score (nSPS) is 20.7. The van der Waals surface area contributed by atoms with E-state index in [4.69, 9.17) is 11.6 Å². The summed E-state index contributed by atoms with van der Waals surface area (Å²) in [6.07, 6.45) is 0.151. The molecule has 2 aromatic rings. The first-order valence-electron chi connectivity index (χ1n) is 9.25. The lowest BCUT2D eigenvalue weighted by atomic mass is 10.1. The highest BCUT2D eigenvalue weighted by Gasteiger charge is 2.43. The third-order valence-corrected chi connectivity index (χ3v) is 5.49. The molecular formula is C21H20ClN3O3. The van der Waals surface area contributed by atoms with E-state index in [9.17, 15) is 14.4 Å². The molecule has 144 valence electrons. The molecule has 0 radical (unpaired) electrons. The molecule has 2 aliphatic heterocycles. The SMILES string of the molecule is O=C(c1ccccc1)N1CCN([C@H]2CC(=O)N(c3cccc(Cl)c3)C2=O)CC1. The van der Waals surface area contributed by atoms with Gasteiger partial charge in [-0.05, 0) is 30.3 Å². The first kappa shape index (κ1) is 18.7. The summed E-state index contributed by atoms with van der Waals surface area (Å²) >= 11 is 6.00. The molecule has 2 aliphatic rings. The number of carbonyl (C=O) groups excluding carboxylic acids is 3. The van der Waals surface area contributed by atoms with E-state index in [0.29, 0.717) is 42.5 Å². The maximum Gasteiger partial charge on any atom is 0.253 e. The zero-order valence-electron chi connectivity index (χ0n) is 15.3. The molecule has 7 heteroatoms. The molecule has 0 N–H and O–H groups in total. The zero-order valence-corrected chi connectivity index (χ0v) is 16.0. The van der Waals surface area contributed by atoms with E-state index in [2.05, 4.69) is 0 Å². The fourth-order valence-electron chi connectivity index (χ4n) is 3.79. The van der Waals surface area contributed by atoms with Crippen molar-refractivity contribution in [2.24, 2.45) is 0 Å². The highest BCUT2D eigenvalue weighted by Crippen LogP contribution is 2.28. The van der Waals surface area contributed by atoms with Crippen molar-refractivity contribution in [3.8, 4) is 0 Å². The largest absolute Gasteiger partial charge is 0.336 e. The molecule has 6 nitrogen and oxygen atoms in total. The van der Waals surface area contributed by atoms with Gasteiger partial charge in [0.1, 0.15) is 0 Å². The zero-order chi connectivity index (χ0) is 19.7. The fourth-order valence-corrected chi connectivity index (χ4v) is 3.97. The first-order valence-corrected chi connectivity index (χ1v) is 9.63. The van der Waals surface area contributed by atoms with Crippen LogP contribution in [0.3, 0.4) is 0 Å². The summed E-state index contributed by atoms with van der Waals surface area (Å²) in [4.78, 5) is 43.0. The van der Waals surface area contributed by atoms with E-state index in [-0.39, 0.29) is 24.1 Å². The van der Waals surface area contributed by atoms with Crippen molar-refractivity contribution in [2.75, 3.05) is 31.1 Å². The Kier molecular flexibility index (Phi) is 5.15. The van der Waals surface area contributed by atoms with Gasteiger partial charge in [0.2, 0.25) is 5.91 Å². The quantitative estimate of drug-likeness (QED) is 0.746. The van der Waals surface area contributed by atoms with Gasteiger partial charge in [0, 0.05) is 36.8 Å². The van der Waals surface area contributed by atoms with E-state index in [0.717, 1.165) is 0 Å². The third-order valence-electron chi connectivity index (χ3n) is 5.25. The second-order valence-electron chi connectivity index (χ2n) is 6.96. The van der Waals surface area contributed by atoms with E-state index in [1.165, 1.54) is 4.90 Å². The lowest BCUT2D eigenvalue weighted by molar-refractivity contribution is -0.123. The summed E-state index contributed by atoms with van der Waals surface area (Å²) in [6, 6.07) is 15.4. The molecule has 4 rings (SSSR count). The van der Waals surface area contributed by atoms with Crippen molar-refractivity contribution < 1.29 is 14.4 Å². The monoisotopic (exact) mass is 397 g/mol. The highest BCUT2D eigenvalue weighted by atomic mass is 35.5. The Balaban J connectivity index is 1.42. The van der Waals surface area contributed by atoms with E-state index >= 15 is 0 Å². The Bertz CT molecular complexity index is 910. The summed E-state index contributed by atoms with van der Waals surface area (Å²) in [6.45, 7) is 2.18. The van der Waals surface area contributed by atoms with Crippen LogP contribution in [0.2, 0.25) is 5.02 Å². The summed E-state index contributed by atoms with van der Waals surface area (Å²) in [7, 11) is 0. The van der Waals surface area contributed by atoms with Crippen LogP contribution in [0.1, 0.15) is 16.8 Å². The number of piperazine rings is 1. The van der Waals surface area contributed by atoms with Gasteiger partial charge in [-0.3, -0.25) is 19.3 Å². The number of imide groups is 1. The first-order chi connectivity index (χ1) is 13.5. The van der Waals surface area contributed by atoms with Gasteiger partial charge in [-0.2, -0.15) is 0 Å². The Labute approximate surface area is 168 Å². The average molecular weight is 398 g/mol. The van der Waals surface area contributed by atoms with Gasteiger partial charge in [0.25, 0.3) is 11.8 Å². The van der Waals surface area contributed by atoms with Gasteiger partial charge in [-0.15, -0.1) is 0 Å². The Morgan fingerprint density at radius 2 is 1.64 bits per heavy atom. The smallest absolute Gasteiger partial charge is 0.253 e. The lowest BCUT2D eigenvalue weighted by Crippen LogP contribution is -2.53. The molecule has 2 fully saturated rings. The topological polar surface area (TPSA) is 60.9 Å². The molecule has 0 unspecified atom stereocenters. The molecule has 0 saturated carbocycles. The van der Waals surface area contributed by atoms with Crippen LogP contribution in [0.15, 0.2) is 54.6 Å². The Morgan fingerprint density at radius 3 is 2.32 bits per heavy atom. The molecule has 0 aromatic heterocycles. The van der Waals surface area contributed by atoms with Crippen molar-refractivity contribution in [3.05, 3.63) is 65.2 Å². The van der Waals surface area contributed by atoms with Gasteiger partial charge in [-0.25, -0.2) is 4.90 Å². The van der Waals surface area contributed by atoms with Crippen molar-refractivity contribution in [3.63, 3.8) is 0 Å². The highest BCUT2D eigenvalue weighted by molar-refractivity contribution is 6.31. The number of anilines is 1. The number of hydrogen-bond donors (Lipinski definition) is 0. The second-order valence-corrected chi connectivity index (χ2v) is 7.40. The third kappa shape index (κ3) is 3.53. The van der Waals surface area contributed by atoms with Crippen LogP contribution < -0.4 is 4.90 Å². The van der Waals surface area contributed by atoms with Crippen LogP contribution in [-0.4, -0.2) is 59.7 Å². The van der Waals surface area contributed by atoms with E-state index in [1.54, 1.807) is 41.3 Å². The van der Waals surface area contributed by atoms with Crippen LogP contribution in [0.4, 0.5) is 5.69 Å². The summed E-state index contributed by atoms with van der Waals surface area (Å²) in [5.41, 5.74) is 1.16. The standard InChI is InChI=1S/C21H20ClN3O3/c22-16-7-4-8-17(13-16)25-19(26)14-18(21(25)28)23-9-11-24(12-10-23)20(27)15-5-2-1-3-6-15/h1-8,13,18H,9-12,14H2/t18-/m0/s1. The summed E-state index contributed by atoms with van der Waals surface area (Å²) in [5.74, 6) is -0.454. The molecule has 2 aromatic carbocycles. The van der Waals surface area contributed by atoms with E-state index in [1.807, 2.05) is 23.1 Å². The van der Waals surface area contributed by atoms with Gasteiger partial charge >= 0.3 is 0 Å². The molecule has 28 heavy (non-hydrogen) atoms. The summed E-state index contributed by atoms with van der Waals surface area (Å²) < 4.78 is 0. The molecule has 1 atom stereocenters. The lowest BCUT2D eigenvalue weighted by Gasteiger charge is -2.37. The minimum atomic E-state index is -0.486. The molecule has 0 bridgehead atoms.